The molecule has 0 saturated carbocycles. The van der Waals surface area contributed by atoms with Crippen molar-refractivity contribution in [3.63, 3.8) is 0 Å². The average Bonchev–Trinajstić information content (AvgIpc) is 3.05. The molecule has 4 rings (SSSR count). The van der Waals surface area contributed by atoms with E-state index in [9.17, 15) is 0 Å². The summed E-state index contributed by atoms with van der Waals surface area (Å²) in [6.07, 6.45) is 4.94. The van der Waals surface area contributed by atoms with Crippen LogP contribution in [0.2, 0.25) is 0 Å². The molecule has 2 fully saturated rings. The van der Waals surface area contributed by atoms with E-state index >= 15 is 0 Å². The van der Waals surface area contributed by atoms with Gasteiger partial charge in [0.05, 0.1) is 5.69 Å². The second kappa shape index (κ2) is 5.52. The first-order valence-electron chi connectivity index (χ1n) is 7.81. The number of hydrogen-bond acceptors (Lipinski definition) is 4. The molecule has 2 N–H and O–H groups in total. The number of piperidine rings is 1. The molecule has 1 aromatic carbocycles. The normalized spacial score (nSPS) is 28.9. The van der Waals surface area contributed by atoms with Crippen LogP contribution in [0.15, 0.2) is 35.7 Å². The molecule has 21 heavy (non-hydrogen) atoms. The highest BCUT2D eigenvalue weighted by atomic mass is 32.1. The van der Waals surface area contributed by atoms with Gasteiger partial charge in [-0.05, 0) is 25.7 Å². The number of benzene rings is 1. The molecule has 2 saturated heterocycles. The minimum Gasteiger partial charge on any atom is -0.328 e. The Labute approximate surface area is 129 Å². The number of hydrogen-bond donors (Lipinski definition) is 1. The number of fused-ring (bicyclic) bond motifs is 2. The van der Waals surface area contributed by atoms with E-state index in [1.165, 1.54) is 24.1 Å². The highest BCUT2D eigenvalue weighted by Gasteiger charge is 2.39. The van der Waals surface area contributed by atoms with Crippen molar-refractivity contribution in [1.82, 2.24) is 9.88 Å². The molecule has 2 aliphatic rings. The fraction of sp³-hybridized carbons (Fsp3) is 0.471. The molecule has 0 amide bonds. The Kier molecular flexibility index (Phi) is 3.53. The summed E-state index contributed by atoms with van der Waals surface area (Å²) >= 11 is 1.75. The first-order chi connectivity index (χ1) is 10.3. The Morgan fingerprint density at radius 1 is 1.14 bits per heavy atom. The van der Waals surface area contributed by atoms with Crippen LogP contribution in [0.3, 0.4) is 0 Å². The number of rotatable bonds is 3. The van der Waals surface area contributed by atoms with E-state index in [1.54, 1.807) is 11.3 Å². The summed E-state index contributed by atoms with van der Waals surface area (Å²) in [5, 5.41) is 3.35. The van der Waals surface area contributed by atoms with Crippen molar-refractivity contribution in [2.45, 2.75) is 50.4 Å². The van der Waals surface area contributed by atoms with Crippen molar-refractivity contribution in [2.24, 2.45) is 5.73 Å². The zero-order valence-electron chi connectivity index (χ0n) is 12.1. The molecular weight excluding hydrogens is 278 g/mol. The first-order valence-corrected chi connectivity index (χ1v) is 8.69. The van der Waals surface area contributed by atoms with E-state index < -0.39 is 0 Å². The van der Waals surface area contributed by atoms with Gasteiger partial charge in [0.15, 0.2) is 0 Å². The van der Waals surface area contributed by atoms with Gasteiger partial charge in [-0.3, -0.25) is 4.90 Å². The zero-order chi connectivity index (χ0) is 14.2. The minimum absolute atomic E-state index is 0.411. The topological polar surface area (TPSA) is 42.1 Å². The van der Waals surface area contributed by atoms with Crippen molar-refractivity contribution >= 4 is 11.3 Å². The van der Waals surface area contributed by atoms with E-state index in [1.807, 2.05) is 6.07 Å². The van der Waals surface area contributed by atoms with Gasteiger partial charge in [0, 0.05) is 35.6 Å². The minimum atomic E-state index is 0.411. The lowest BCUT2D eigenvalue weighted by Gasteiger charge is -2.37. The fourth-order valence-corrected chi connectivity index (χ4v) is 4.67. The van der Waals surface area contributed by atoms with Crippen LogP contribution >= 0.6 is 11.3 Å². The van der Waals surface area contributed by atoms with E-state index in [0.717, 1.165) is 24.4 Å². The fourth-order valence-electron chi connectivity index (χ4n) is 3.85. The van der Waals surface area contributed by atoms with Crippen molar-refractivity contribution in [2.75, 3.05) is 0 Å². The molecule has 3 heterocycles. The predicted octanol–water partition coefficient (Wildman–Crippen LogP) is 3.26. The monoisotopic (exact) mass is 299 g/mol. The SMILES string of the molecule is NC1CC2CCC(C1)N2Cc1csc(-c2ccccc2)n1. The highest BCUT2D eigenvalue weighted by Crippen LogP contribution is 2.36. The van der Waals surface area contributed by atoms with Crippen LogP contribution in [-0.4, -0.2) is 28.0 Å². The third-order valence-electron chi connectivity index (χ3n) is 4.84. The Bertz CT molecular complexity index is 596. The van der Waals surface area contributed by atoms with Crippen LogP contribution in [0.4, 0.5) is 0 Å². The molecule has 0 radical (unpaired) electrons. The highest BCUT2D eigenvalue weighted by molar-refractivity contribution is 7.13. The molecule has 0 spiro atoms. The van der Waals surface area contributed by atoms with Crippen molar-refractivity contribution < 1.29 is 0 Å². The van der Waals surface area contributed by atoms with Crippen molar-refractivity contribution in [3.05, 3.63) is 41.4 Å². The summed E-state index contributed by atoms with van der Waals surface area (Å²) in [4.78, 5) is 7.48. The summed E-state index contributed by atoms with van der Waals surface area (Å²) in [6, 6.07) is 12.2. The lowest BCUT2D eigenvalue weighted by atomic mass is 9.98. The van der Waals surface area contributed by atoms with Crippen LogP contribution in [-0.2, 0) is 6.54 Å². The molecule has 110 valence electrons. The van der Waals surface area contributed by atoms with Crippen LogP contribution in [0.1, 0.15) is 31.4 Å². The maximum atomic E-state index is 6.15. The second-order valence-corrected chi connectivity index (χ2v) is 7.16. The average molecular weight is 299 g/mol. The lowest BCUT2D eigenvalue weighted by Crippen LogP contribution is -2.46. The standard InChI is InChI=1S/C17H21N3S/c18-13-8-15-6-7-16(9-13)20(15)10-14-11-21-17(19-14)12-4-2-1-3-5-12/h1-5,11,13,15-16H,6-10,18H2. The van der Waals surface area contributed by atoms with E-state index in [2.05, 4.69) is 34.5 Å². The largest absolute Gasteiger partial charge is 0.328 e. The van der Waals surface area contributed by atoms with Crippen LogP contribution in [0, 0.1) is 0 Å². The van der Waals surface area contributed by atoms with Gasteiger partial charge in [-0.15, -0.1) is 11.3 Å². The number of nitrogens with zero attached hydrogens (tertiary/aromatic N) is 2. The quantitative estimate of drug-likeness (QED) is 0.946. The number of thiazole rings is 1. The van der Waals surface area contributed by atoms with Gasteiger partial charge >= 0.3 is 0 Å². The predicted molar refractivity (Wildman–Crippen MR) is 87.1 cm³/mol. The molecule has 2 atom stereocenters. The first kappa shape index (κ1) is 13.4. The van der Waals surface area contributed by atoms with Gasteiger partial charge in [-0.1, -0.05) is 30.3 Å². The molecule has 4 heteroatoms. The van der Waals surface area contributed by atoms with Gasteiger partial charge in [0.2, 0.25) is 0 Å². The number of nitrogens with two attached hydrogens (primary N) is 1. The van der Waals surface area contributed by atoms with E-state index in [0.29, 0.717) is 18.1 Å². The molecule has 3 nitrogen and oxygen atoms in total. The lowest BCUT2D eigenvalue weighted by molar-refractivity contribution is 0.118. The van der Waals surface area contributed by atoms with E-state index in [-0.39, 0.29) is 0 Å². The maximum Gasteiger partial charge on any atom is 0.123 e. The Morgan fingerprint density at radius 2 is 1.86 bits per heavy atom. The Morgan fingerprint density at radius 3 is 2.57 bits per heavy atom. The molecule has 2 aliphatic heterocycles. The van der Waals surface area contributed by atoms with Crippen LogP contribution < -0.4 is 5.73 Å². The number of aromatic nitrogens is 1. The second-order valence-electron chi connectivity index (χ2n) is 6.30. The molecule has 1 aromatic heterocycles. The van der Waals surface area contributed by atoms with Crippen LogP contribution in [0.5, 0.6) is 0 Å². The summed E-state index contributed by atoms with van der Waals surface area (Å²) in [7, 11) is 0. The summed E-state index contributed by atoms with van der Waals surface area (Å²) in [6.45, 7) is 0.991. The van der Waals surface area contributed by atoms with Crippen LogP contribution in [0.25, 0.3) is 10.6 Å². The summed E-state index contributed by atoms with van der Waals surface area (Å²) < 4.78 is 0. The van der Waals surface area contributed by atoms with Gasteiger partial charge in [0.1, 0.15) is 5.01 Å². The maximum absolute atomic E-state index is 6.15. The molecule has 2 aromatic rings. The van der Waals surface area contributed by atoms with Gasteiger partial charge in [-0.25, -0.2) is 4.98 Å². The molecular formula is C17H21N3S. The Hall–Kier alpha value is -1.23. The smallest absolute Gasteiger partial charge is 0.123 e. The van der Waals surface area contributed by atoms with Gasteiger partial charge < -0.3 is 5.73 Å². The molecule has 0 aliphatic carbocycles. The van der Waals surface area contributed by atoms with E-state index in [4.69, 9.17) is 10.7 Å². The molecule has 2 unspecified atom stereocenters. The molecule has 2 bridgehead atoms. The van der Waals surface area contributed by atoms with Gasteiger partial charge in [-0.2, -0.15) is 0 Å². The summed E-state index contributed by atoms with van der Waals surface area (Å²) in [5.41, 5.74) is 8.58. The summed E-state index contributed by atoms with van der Waals surface area (Å²) in [5.74, 6) is 0. The van der Waals surface area contributed by atoms with Crippen molar-refractivity contribution in [1.29, 1.82) is 0 Å². The zero-order valence-corrected chi connectivity index (χ0v) is 12.9. The van der Waals surface area contributed by atoms with Gasteiger partial charge in [0.25, 0.3) is 0 Å². The van der Waals surface area contributed by atoms with Crippen molar-refractivity contribution in [3.8, 4) is 10.6 Å². The Balaban J connectivity index is 1.50. The third kappa shape index (κ3) is 2.63. The third-order valence-corrected chi connectivity index (χ3v) is 5.78.